The van der Waals surface area contributed by atoms with Crippen LogP contribution >= 0.6 is 23.2 Å². The van der Waals surface area contributed by atoms with Crippen LogP contribution in [0.2, 0.25) is 10.0 Å². The van der Waals surface area contributed by atoms with Crippen molar-refractivity contribution in [2.75, 3.05) is 11.9 Å². The summed E-state index contributed by atoms with van der Waals surface area (Å²) in [4.78, 5) is 18.7. The van der Waals surface area contributed by atoms with Gasteiger partial charge < -0.3 is 4.84 Å². The molecule has 4 nitrogen and oxygen atoms in total. The molecule has 0 saturated heterocycles. The fourth-order valence-corrected chi connectivity index (χ4v) is 2.01. The van der Waals surface area contributed by atoms with Crippen LogP contribution in [0, 0.1) is 6.92 Å². The summed E-state index contributed by atoms with van der Waals surface area (Å²) in [6, 6.07) is 12.1. The van der Waals surface area contributed by atoms with E-state index in [9.17, 15) is 4.79 Å². The molecule has 2 aromatic carbocycles. The predicted octanol–water partition coefficient (Wildman–Crippen LogP) is 4.44. The maximum Gasteiger partial charge on any atom is 0.354 e. The third-order valence-electron chi connectivity index (χ3n) is 2.86. The van der Waals surface area contributed by atoms with Crippen molar-refractivity contribution >= 4 is 34.9 Å². The van der Waals surface area contributed by atoms with Crippen molar-refractivity contribution in [3.63, 3.8) is 0 Å². The minimum atomic E-state index is -0.420. The molecule has 0 spiro atoms. The second-order valence-electron chi connectivity index (χ2n) is 4.46. The normalized spacial score (nSPS) is 10.1. The van der Waals surface area contributed by atoms with Gasteiger partial charge in [0.05, 0.1) is 5.02 Å². The Bertz CT molecular complexity index is 662. The van der Waals surface area contributed by atoms with Gasteiger partial charge in [0.1, 0.15) is 5.02 Å². The van der Waals surface area contributed by atoms with Crippen molar-refractivity contribution in [1.82, 2.24) is 5.48 Å². The number of urea groups is 1. The van der Waals surface area contributed by atoms with Crippen LogP contribution in [-0.2, 0) is 0 Å². The van der Waals surface area contributed by atoms with Gasteiger partial charge in [-0.15, -0.1) is 0 Å². The van der Waals surface area contributed by atoms with Gasteiger partial charge in [-0.25, -0.2) is 4.79 Å². The molecule has 1 N–H and O–H groups in total. The van der Waals surface area contributed by atoms with Crippen LogP contribution in [0.3, 0.4) is 0 Å². The molecule has 0 aromatic heterocycles. The van der Waals surface area contributed by atoms with Crippen molar-refractivity contribution in [2.45, 2.75) is 6.92 Å². The van der Waals surface area contributed by atoms with Crippen molar-refractivity contribution < 1.29 is 9.63 Å². The Morgan fingerprint density at radius 3 is 2.62 bits per heavy atom. The summed E-state index contributed by atoms with van der Waals surface area (Å²) < 4.78 is 0. The maximum atomic E-state index is 12.0. The topological polar surface area (TPSA) is 41.6 Å². The zero-order chi connectivity index (χ0) is 15.4. The van der Waals surface area contributed by atoms with E-state index in [1.165, 1.54) is 4.90 Å². The van der Waals surface area contributed by atoms with Gasteiger partial charge in [0.25, 0.3) is 0 Å². The number of nitrogens with zero attached hydrogens (tertiary/aromatic N) is 1. The zero-order valence-electron chi connectivity index (χ0n) is 11.6. The Hall–Kier alpha value is -1.91. The lowest BCUT2D eigenvalue weighted by molar-refractivity contribution is 0.184. The highest BCUT2D eigenvalue weighted by Gasteiger charge is 2.13. The minimum absolute atomic E-state index is 0.248. The molecule has 0 aliphatic rings. The number of carbonyl (C=O) groups is 1. The Kier molecular flexibility index (Phi) is 4.94. The Morgan fingerprint density at radius 1 is 1.19 bits per heavy atom. The van der Waals surface area contributed by atoms with E-state index in [0.717, 1.165) is 11.3 Å². The summed E-state index contributed by atoms with van der Waals surface area (Å²) in [5.74, 6) is 0.287. The van der Waals surface area contributed by atoms with Crippen LogP contribution in [0.4, 0.5) is 10.5 Å². The average molecular weight is 325 g/mol. The summed E-state index contributed by atoms with van der Waals surface area (Å²) in [7, 11) is 1.65. The Balaban J connectivity index is 2.03. The van der Waals surface area contributed by atoms with Gasteiger partial charge in [0, 0.05) is 12.7 Å². The van der Waals surface area contributed by atoms with E-state index in [-0.39, 0.29) is 10.8 Å². The number of hydroxylamine groups is 1. The summed E-state index contributed by atoms with van der Waals surface area (Å²) in [6.45, 7) is 1.96. The fraction of sp³-hybridized carbons (Fsp3) is 0.133. The number of hydrogen-bond acceptors (Lipinski definition) is 2. The number of anilines is 1. The molecule has 110 valence electrons. The summed E-state index contributed by atoms with van der Waals surface area (Å²) in [6.07, 6.45) is 0. The molecule has 0 unspecified atom stereocenters. The highest BCUT2D eigenvalue weighted by atomic mass is 35.5. The van der Waals surface area contributed by atoms with E-state index in [1.54, 1.807) is 25.2 Å². The van der Waals surface area contributed by atoms with Gasteiger partial charge in [-0.2, -0.15) is 5.48 Å². The molecule has 2 aromatic rings. The first-order chi connectivity index (χ1) is 9.99. The smallest absolute Gasteiger partial charge is 0.354 e. The molecule has 0 heterocycles. The van der Waals surface area contributed by atoms with Crippen molar-refractivity contribution in [2.24, 2.45) is 0 Å². The lowest BCUT2D eigenvalue weighted by Gasteiger charge is -2.18. The second kappa shape index (κ2) is 6.70. The zero-order valence-corrected chi connectivity index (χ0v) is 13.1. The largest absolute Gasteiger partial charge is 0.376 e. The molecule has 21 heavy (non-hydrogen) atoms. The first kappa shape index (κ1) is 15.5. The first-order valence-corrected chi connectivity index (χ1v) is 6.96. The summed E-state index contributed by atoms with van der Waals surface area (Å²) in [5, 5.41) is 0.605. The summed E-state index contributed by atoms with van der Waals surface area (Å²) in [5.41, 5.74) is 4.15. The lowest BCUT2D eigenvalue weighted by Crippen LogP contribution is -2.39. The van der Waals surface area contributed by atoms with Crippen molar-refractivity contribution in [3.05, 3.63) is 58.1 Å². The molecule has 0 bridgehead atoms. The number of hydrogen-bond donors (Lipinski definition) is 1. The molecule has 0 fully saturated rings. The number of carbonyl (C=O) groups excluding carboxylic acids is 1. The van der Waals surface area contributed by atoms with E-state index in [2.05, 4.69) is 5.48 Å². The van der Waals surface area contributed by atoms with Crippen LogP contribution < -0.4 is 15.2 Å². The lowest BCUT2D eigenvalue weighted by atomic mass is 10.2. The quantitative estimate of drug-likeness (QED) is 0.848. The predicted molar refractivity (Wildman–Crippen MR) is 85.2 cm³/mol. The van der Waals surface area contributed by atoms with Crippen LogP contribution in [0.15, 0.2) is 42.5 Å². The molecule has 6 heteroatoms. The number of nitrogens with one attached hydrogen (secondary N) is 1. The van der Waals surface area contributed by atoms with E-state index >= 15 is 0 Å². The van der Waals surface area contributed by atoms with Gasteiger partial charge in [0.15, 0.2) is 5.75 Å². The van der Waals surface area contributed by atoms with E-state index in [1.807, 2.05) is 31.2 Å². The fourth-order valence-electron chi connectivity index (χ4n) is 1.68. The van der Waals surface area contributed by atoms with Gasteiger partial charge in [-0.3, -0.25) is 4.90 Å². The average Bonchev–Trinajstić information content (AvgIpc) is 2.47. The van der Waals surface area contributed by atoms with E-state index in [0.29, 0.717) is 5.02 Å². The number of rotatable bonds is 3. The highest BCUT2D eigenvalue weighted by Crippen LogP contribution is 2.30. The number of aryl methyl sites for hydroxylation is 1. The molecular formula is C15H14Cl2N2O2. The monoisotopic (exact) mass is 324 g/mol. The van der Waals surface area contributed by atoms with Crippen LogP contribution in [0.5, 0.6) is 5.75 Å². The molecule has 2 rings (SSSR count). The third kappa shape index (κ3) is 3.80. The molecule has 0 aliphatic carbocycles. The Morgan fingerprint density at radius 2 is 1.90 bits per heavy atom. The minimum Gasteiger partial charge on any atom is -0.376 e. The molecule has 2 amide bonds. The van der Waals surface area contributed by atoms with Crippen molar-refractivity contribution in [1.29, 1.82) is 0 Å². The van der Waals surface area contributed by atoms with Gasteiger partial charge >= 0.3 is 6.03 Å². The van der Waals surface area contributed by atoms with Crippen molar-refractivity contribution in [3.8, 4) is 5.75 Å². The van der Waals surface area contributed by atoms with Gasteiger partial charge in [-0.05, 0) is 36.8 Å². The molecule has 0 saturated carbocycles. The highest BCUT2D eigenvalue weighted by molar-refractivity contribution is 6.42. The second-order valence-corrected chi connectivity index (χ2v) is 5.24. The molecule has 0 radical (unpaired) electrons. The van der Waals surface area contributed by atoms with Crippen LogP contribution in [0.1, 0.15) is 5.56 Å². The standard InChI is InChI=1S/C15H14Cl2N2O2/c1-10-5-3-6-11(9-10)19(2)15(20)18-21-13-8-4-7-12(16)14(13)17/h3-9H,1-2H3,(H,18,20). The summed E-state index contributed by atoms with van der Waals surface area (Å²) >= 11 is 11.8. The van der Waals surface area contributed by atoms with Crippen LogP contribution in [0.25, 0.3) is 0 Å². The van der Waals surface area contributed by atoms with E-state index < -0.39 is 6.03 Å². The Labute approximate surface area is 133 Å². The maximum absolute atomic E-state index is 12.0. The number of halogens is 2. The first-order valence-electron chi connectivity index (χ1n) is 6.20. The number of amides is 2. The molecule has 0 atom stereocenters. The van der Waals surface area contributed by atoms with Gasteiger partial charge in [-0.1, -0.05) is 41.4 Å². The molecular weight excluding hydrogens is 311 g/mol. The van der Waals surface area contributed by atoms with Gasteiger partial charge in [0.2, 0.25) is 0 Å². The third-order valence-corrected chi connectivity index (χ3v) is 3.66. The number of benzene rings is 2. The SMILES string of the molecule is Cc1cccc(N(C)C(=O)NOc2cccc(Cl)c2Cl)c1. The van der Waals surface area contributed by atoms with Crippen LogP contribution in [-0.4, -0.2) is 13.1 Å². The molecule has 0 aliphatic heterocycles. The van der Waals surface area contributed by atoms with E-state index in [4.69, 9.17) is 28.0 Å².